The van der Waals surface area contributed by atoms with E-state index in [1.807, 2.05) is 0 Å². The predicted octanol–water partition coefficient (Wildman–Crippen LogP) is -7.40. The van der Waals surface area contributed by atoms with Crippen molar-refractivity contribution in [2.24, 2.45) is 22.9 Å². The fourth-order valence-electron chi connectivity index (χ4n) is 5.04. The van der Waals surface area contributed by atoms with Crippen LogP contribution < -0.4 is 28.3 Å². The number of nitrogens with one attached hydrogen (secondary N) is 1. The topological polar surface area (TPSA) is 312 Å². The highest BCUT2D eigenvalue weighted by Crippen LogP contribution is 2.32. The lowest BCUT2D eigenvalue weighted by Gasteiger charge is -2.48. The number of aliphatic hydroxyl groups is 7. The molecule has 0 bridgehead atoms. The number of nitrogens with two attached hydrogens (primary N) is 4. The summed E-state index contributed by atoms with van der Waals surface area (Å²) >= 11 is 0. The number of ether oxygens (including phenoxy) is 4. The number of aliphatic hydroxyl groups excluding tert-OH is 7. The molecule has 1 aliphatic carbocycles. The van der Waals surface area contributed by atoms with Crippen LogP contribution >= 0.6 is 0 Å². The van der Waals surface area contributed by atoms with Gasteiger partial charge in [0.1, 0.15) is 61.0 Å². The molecule has 2 aliphatic heterocycles. The standard InChI is InChI=1S/C22H43N5O12/c23-3-1-2-11(29)27-8-4-7(25)19(38-22-17(34)16(33)14(31)9(5-24)36-22)18(35)20(8)39-21-15(32)12(26)13(30)10(6-28)37-21/h7-10,12-22,28,30-35H,1-6,23-26H2,(H,27,29)/t7-,8-,9?,10?,12-,13-,14-,15?,16-,17?,18?,19-,20?,21-,22-/m1/s1. The minimum absolute atomic E-state index is 0.0179. The van der Waals surface area contributed by atoms with Gasteiger partial charge in [-0.05, 0) is 19.4 Å². The Hall–Kier alpha value is -1.13. The van der Waals surface area contributed by atoms with Crippen LogP contribution in [0.3, 0.4) is 0 Å². The van der Waals surface area contributed by atoms with Gasteiger partial charge in [-0.2, -0.15) is 0 Å². The van der Waals surface area contributed by atoms with Crippen LogP contribution in [0.2, 0.25) is 0 Å². The largest absolute Gasteiger partial charge is 0.394 e. The zero-order valence-electron chi connectivity index (χ0n) is 21.4. The average Bonchev–Trinajstić information content (AvgIpc) is 2.91. The van der Waals surface area contributed by atoms with Crippen molar-refractivity contribution in [1.29, 1.82) is 0 Å². The zero-order valence-corrected chi connectivity index (χ0v) is 21.4. The Bertz CT molecular complexity index is 784. The van der Waals surface area contributed by atoms with Crippen molar-refractivity contribution in [3.8, 4) is 0 Å². The van der Waals surface area contributed by atoms with Gasteiger partial charge >= 0.3 is 0 Å². The van der Waals surface area contributed by atoms with Gasteiger partial charge in [0.2, 0.25) is 5.91 Å². The summed E-state index contributed by atoms with van der Waals surface area (Å²) in [4.78, 5) is 12.5. The Morgan fingerprint density at radius 3 is 2.05 bits per heavy atom. The van der Waals surface area contributed by atoms with Gasteiger partial charge in [-0.25, -0.2) is 0 Å². The number of rotatable bonds is 10. The molecule has 3 fully saturated rings. The fraction of sp³-hybridized carbons (Fsp3) is 0.955. The van der Waals surface area contributed by atoms with Crippen molar-refractivity contribution in [3.05, 3.63) is 0 Å². The van der Waals surface area contributed by atoms with Crippen LogP contribution in [0.4, 0.5) is 0 Å². The first-order valence-electron chi connectivity index (χ1n) is 13.0. The maximum absolute atomic E-state index is 12.5. The SMILES string of the molecule is NCCCC(=O)N[C@@H]1C[C@@H](N)[C@@H](O[C@H]2OC(CN)[C@@H](O)[C@@H](O)C2O)C(O)C1O[C@H]1OC(CO)[C@@H](O)[C@@H](N)C1O. The fourth-order valence-corrected chi connectivity index (χ4v) is 5.04. The smallest absolute Gasteiger partial charge is 0.220 e. The van der Waals surface area contributed by atoms with E-state index in [-0.39, 0.29) is 25.9 Å². The Balaban J connectivity index is 1.82. The molecule has 16 N–H and O–H groups in total. The molecular formula is C22H43N5O12. The summed E-state index contributed by atoms with van der Waals surface area (Å²) in [5.41, 5.74) is 23.2. The van der Waals surface area contributed by atoms with Crippen molar-refractivity contribution in [1.82, 2.24) is 5.32 Å². The van der Waals surface area contributed by atoms with E-state index < -0.39 is 104 Å². The number of hydrogen-bond acceptors (Lipinski definition) is 16. The van der Waals surface area contributed by atoms with Crippen molar-refractivity contribution >= 4 is 5.91 Å². The number of hydrogen-bond donors (Lipinski definition) is 12. The monoisotopic (exact) mass is 569 g/mol. The molecule has 0 radical (unpaired) electrons. The predicted molar refractivity (Wildman–Crippen MR) is 130 cm³/mol. The molecule has 17 nitrogen and oxygen atoms in total. The summed E-state index contributed by atoms with van der Waals surface area (Å²) < 4.78 is 22.6. The van der Waals surface area contributed by atoms with E-state index in [1.165, 1.54) is 0 Å². The first-order valence-corrected chi connectivity index (χ1v) is 13.0. The molecule has 1 amide bonds. The highest BCUT2D eigenvalue weighted by Gasteiger charge is 2.52. The van der Waals surface area contributed by atoms with E-state index in [4.69, 9.17) is 41.9 Å². The molecule has 0 aromatic rings. The van der Waals surface area contributed by atoms with Gasteiger partial charge in [0, 0.05) is 19.0 Å². The molecule has 15 atom stereocenters. The zero-order chi connectivity index (χ0) is 29.0. The van der Waals surface area contributed by atoms with Crippen molar-refractivity contribution < 1.29 is 59.5 Å². The van der Waals surface area contributed by atoms with Gasteiger partial charge in [0.05, 0.1) is 18.7 Å². The van der Waals surface area contributed by atoms with Gasteiger partial charge in [0.15, 0.2) is 12.6 Å². The van der Waals surface area contributed by atoms with Gasteiger partial charge in [-0.3, -0.25) is 4.79 Å². The second-order valence-electron chi connectivity index (χ2n) is 10.2. The van der Waals surface area contributed by atoms with E-state index in [9.17, 15) is 40.5 Å². The van der Waals surface area contributed by atoms with Crippen molar-refractivity contribution in [2.45, 2.75) is 111 Å². The van der Waals surface area contributed by atoms with Gasteiger partial charge in [-0.1, -0.05) is 0 Å². The van der Waals surface area contributed by atoms with Crippen molar-refractivity contribution in [2.75, 3.05) is 19.7 Å². The average molecular weight is 570 g/mol. The maximum atomic E-state index is 12.5. The molecule has 6 unspecified atom stereocenters. The molecule has 0 aromatic carbocycles. The van der Waals surface area contributed by atoms with Crippen LogP contribution in [0.25, 0.3) is 0 Å². The molecule has 1 saturated carbocycles. The Morgan fingerprint density at radius 1 is 0.821 bits per heavy atom. The highest BCUT2D eigenvalue weighted by molar-refractivity contribution is 5.76. The normalized spacial score (nSPS) is 47.1. The summed E-state index contributed by atoms with van der Waals surface area (Å²) in [6.07, 6.45) is -17.0. The van der Waals surface area contributed by atoms with Crippen LogP contribution in [0.1, 0.15) is 19.3 Å². The Kier molecular flexibility index (Phi) is 11.8. The third-order valence-corrected chi connectivity index (χ3v) is 7.39. The van der Waals surface area contributed by atoms with Crippen LogP contribution in [-0.4, -0.2) is 153 Å². The Labute approximate surface area is 224 Å². The van der Waals surface area contributed by atoms with Gasteiger partial charge < -0.3 is 82.9 Å². The molecule has 228 valence electrons. The summed E-state index contributed by atoms with van der Waals surface area (Å²) in [5.74, 6) is -0.405. The number of carbonyl (C=O) groups excluding carboxylic acids is 1. The second kappa shape index (κ2) is 14.2. The van der Waals surface area contributed by atoms with Crippen LogP contribution in [0, 0.1) is 0 Å². The molecule has 3 rings (SSSR count). The quantitative estimate of drug-likeness (QED) is 0.116. The van der Waals surface area contributed by atoms with Gasteiger partial charge in [-0.15, -0.1) is 0 Å². The number of amides is 1. The van der Waals surface area contributed by atoms with Crippen LogP contribution in [0.5, 0.6) is 0 Å². The van der Waals surface area contributed by atoms with Gasteiger partial charge in [0.25, 0.3) is 0 Å². The van der Waals surface area contributed by atoms with E-state index in [0.717, 1.165) is 0 Å². The molecule has 0 spiro atoms. The molecule has 2 saturated heterocycles. The van der Waals surface area contributed by atoms with Crippen LogP contribution in [0.15, 0.2) is 0 Å². The molecule has 17 heteroatoms. The second-order valence-corrected chi connectivity index (χ2v) is 10.2. The first-order chi connectivity index (χ1) is 18.4. The lowest BCUT2D eigenvalue weighted by atomic mass is 9.83. The van der Waals surface area contributed by atoms with Crippen LogP contribution in [-0.2, 0) is 23.7 Å². The number of carbonyl (C=O) groups is 1. The molecular weight excluding hydrogens is 526 g/mol. The summed E-state index contributed by atoms with van der Waals surface area (Å²) in [7, 11) is 0. The molecule has 0 aromatic heterocycles. The summed E-state index contributed by atoms with van der Waals surface area (Å²) in [5, 5.41) is 75.0. The molecule has 39 heavy (non-hydrogen) atoms. The first kappa shape index (κ1) is 32.4. The maximum Gasteiger partial charge on any atom is 0.220 e. The molecule has 2 heterocycles. The summed E-state index contributed by atoms with van der Waals surface area (Å²) in [6, 6.07) is -3.14. The van der Waals surface area contributed by atoms with E-state index in [1.54, 1.807) is 0 Å². The van der Waals surface area contributed by atoms with Crippen molar-refractivity contribution in [3.63, 3.8) is 0 Å². The third-order valence-electron chi connectivity index (χ3n) is 7.39. The summed E-state index contributed by atoms with van der Waals surface area (Å²) in [6.45, 7) is -0.575. The minimum Gasteiger partial charge on any atom is -0.394 e. The molecule has 3 aliphatic rings. The highest BCUT2D eigenvalue weighted by atomic mass is 16.7. The lowest BCUT2D eigenvalue weighted by Crippen LogP contribution is -2.69. The van der Waals surface area contributed by atoms with E-state index >= 15 is 0 Å². The minimum atomic E-state index is -1.72. The Morgan fingerprint density at radius 2 is 1.44 bits per heavy atom. The lowest BCUT2D eigenvalue weighted by molar-refractivity contribution is -0.332. The third kappa shape index (κ3) is 7.21. The van der Waals surface area contributed by atoms with E-state index in [2.05, 4.69) is 5.32 Å². The van der Waals surface area contributed by atoms with E-state index in [0.29, 0.717) is 6.42 Å².